The van der Waals surface area contributed by atoms with Crippen LogP contribution >= 0.6 is 11.6 Å². The number of ether oxygens (including phenoxy) is 1. The van der Waals surface area contributed by atoms with Gasteiger partial charge in [0.25, 0.3) is 0 Å². The molecule has 0 aliphatic heterocycles. The lowest BCUT2D eigenvalue weighted by molar-refractivity contribution is 0.0587. The Balaban J connectivity index is 2.83. The lowest BCUT2D eigenvalue weighted by atomic mass is 10.5. The minimum atomic E-state index is -0.454. The van der Waals surface area contributed by atoms with Crippen LogP contribution in [0.4, 0.5) is 0 Å². The number of methoxy groups -OCH3 is 1. The van der Waals surface area contributed by atoms with Crippen LogP contribution in [0.25, 0.3) is 0 Å². The predicted octanol–water partition coefficient (Wildman–Crippen LogP) is 0.303. The molecule has 0 spiro atoms. The number of nitrogens with zero attached hydrogens (tertiary/aromatic N) is 3. The standard InChI is InChI=1S/C6H8ClN3O2/c1-12-6(11)5-4-8-9-10(5)3-2-7/h4H,2-3H2,1H3. The first-order valence-electron chi connectivity index (χ1n) is 3.32. The molecule has 0 saturated carbocycles. The van der Waals surface area contributed by atoms with Crippen LogP contribution < -0.4 is 0 Å². The van der Waals surface area contributed by atoms with Crippen molar-refractivity contribution in [3.8, 4) is 0 Å². The summed E-state index contributed by atoms with van der Waals surface area (Å²) >= 11 is 5.47. The minimum absolute atomic E-state index is 0.318. The Bertz CT molecular complexity index is 274. The molecule has 0 aromatic carbocycles. The first kappa shape index (κ1) is 8.99. The summed E-state index contributed by atoms with van der Waals surface area (Å²) in [5.41, 5.74) is 0.318. The Hall–Kier alpha value is -1.10. The van der Waals surface area contributed by atoms with Crippen molar-refractivity contribution in [3.63, 3.8) is 0 Å². The summed E-state index contributed by atoms with van der Waals surface area (Å²) in [7, 11) is 1.31. The summed E-state index contributed by atoms with van der Waals surface area (Å²) in [6.07, 6.45) is 1.35. The zero-order valence-corrected chi connectivity index (χ0v) is 7.28. The van der Waals surface area contributed by atoms with Gasteiger partial charge in [0.2, 0.25) is 0 Å². The quantitative estimate of drug-likeness (QED) is 0.507. The van der Waals surface area contributed by atoms with Crippen molar-refractivity contribution in [3.05, 3.63) is 11.9 Å². The molecule has 0 unspecified atom stereocenters. The molecule has 0 fully saturated rings. The smallest absolute Gasteiger partial charge is 0.358 e. The molecule has 0 saturated heterocycles. The molecule has 5 nitrogen and oxygen atoms in total. The summed E-state index contributed by atoms with van der Waals surface area (Å²) in [4.78, 5) is 11.0. The molecule has 0 N–H and O–H groups in total. The molecule has 1 heterocycles. The van der Waals surface area contributed by atoms with E-state index in [0.29, 0.717) is 18.1 Å². The molecule has 0 aliphatic rings. The lowest BCUT2D eigenvalue weighted by Crippen LogP contribution is -2.12. The number of carbonyl (C=O) groups is 1. The van der Waals surface area contributed by atoms with Gasteiger partial charge in [0.1, 0.15) is 0 Å². The number of carbonyl (C=O) groups excluding carboxylic acids is 1. The highest BCUT2D eigenvalue weighted by Crippen LogP contribution is 1.98. The molecule has 66 valence electrons. The van der Waals surface area contributed by atoms with Crippen LogP contribution in [0.1, 0.15) is 10.5 Å². The third-order valence-corrected chi connectivity index (χ3v) is 1.48. The number of alkyl halides is 1. The number of halogens is 1. The Morgan fingerprint density at radius 2 is 2.58 bits per heavy atom. The molecule has 1 rings (SSSR count). The fourth-order valence-corrected chi connectivity index (χ4v) is 0.926. The van der Waals surface area contributed by atoms with Crippen molar-refractivity contribution in [2.75, 3.05) is 13.0 Å². The number of hydrogen-bond donors (Lipinski definition) is 0. The normalized spacial score (nSPS) is 9.83. The summed E-state index contributed by atoms with van der Waals surface area (Å²) in [6.45, 7) is 0.450. The van der Waals surface area contributed by atoms with Gasteiger partial charge < -0.3 is 4.74 Å². The van der Waals surface area contributed by atoms with Gasteiger partial charge in [-0.25, -0.2) is 9.48 Å². The van der Waals surface area contributed by atoms with Crippen LogP contribution in [-0.2, 0) is 11.3 Å². The maximum Gasteiger partial charge on any atom is 0.358 e. The molecule has 0 radical (unpaired) electrons. The van der Waals surface area contributed by atoms with Crippen LogP contribution in [0.5, 0.6) is 0 Å². The molecule has 1 aromatic heterocycles. The summed E-state index contributed by atoms with van der Waals surface area (Å²) in [5.74, 6) is -0.0713. The highest BCUT2D eigenvalue weighted by atomic mass is 35.5. The first-order chi connectivity index (χ1) is 5.79. The summed E-state index contributed by atoms with van der Waals surface area (Å²) in [6, 6.07) is 0. The highest BCUT2D eigenvalue weighted by molar-refractivity contribution is 6.17. The average Bonchev–Trinajstić information content (AvgIpc) is 2.52. The molecule has 0 amide bonds. The average molecular weight is 190 g/mol. The number of aromatic nitrogens is 3. The van der Waals surface area contributed by atoms with E-state index >= 15 is 0 Å². The summed E-state index contributed by atoms with van der Waals surface area (Å²) < 4.78 is 5.90. The Labute approximate surface area is 74.3 Å². The van der Waals surface area contributed by atoms with Crippen molar-refractivity contribution in [2.45, 2.75) is 6.54 Å². The van der Waals surface area contributed by atoms with Gasteiger partial charge in [-0.15, -0.1) is 16.7 Å². The van der Waals surface area contributed by atoms with E-state index in [0.717, 1.165) is 0 Å². The highest BCUT2D eigenvalue weighted by Gasteiger charge is 2.12. The van der Waals surface area contributed by atoms with Gasteiger partial charge in [0.05, 0.1) is 19.9 Å². The number of hydrogen-bond acceptors (Lipinski definition) is 4. The van der Waals surface area contributed by atoms with Crippen molar-refractivity contribution in [1.29, 1.82) is 0 Å². The Morgan fingerprint density at radius 1 is 1.83 bits per heavy atom. The zero-order valence-electron chi connectivity index (χ0n) is 6.53. The molecule has 6 heteroatoms. The van der Waals surface area contributed by atoms with E-state index in [1.165, 1.54) is 18.0 Å². The van der Waals surface area contributed by atoms with Crippen LogP contribution in [0.15, 0.2) is 6.20 Å². The first-order valence-corrected chi connectivity index (χ1v) is 3.85. The van der Waals surface area contributed by atoms with Gasteiger partial charge in [0, 0.05) is 5.88 Å². The van der Waals surface area contributed by atoms with Crippen molar-refractivity contribution in [1.82, 2.24) is 15.0 Å². The second kappa shape index (κ2) is 4.06. The number of aryl methyl sites for hydroxylation is 1. The van der Waals surface area contributed by atoms with Crippen LogP contribution in [0.3, 0.4) is 0 Å². The third kappa shape index (κ3) is 1.73. The summed E-state index contributed by atoms with van der Waals surface area (Å²) in [5, 5.41) is 7.22. The maximum absolute atomic E-state index is 11.0. The largest absolute Gasteiger partial charge is 0.464 e. The SMILES string of the molecule is COC(=O)c1cnnn1CCCl. The van der Waals surface area contributed by atoms with Crippen molar-refractivity contribution >= 4 is 17.6 Å². The second-order valence-electron chi connectivity index (χ2n) is 2.02. The molecular weight excluding hydrogens is 182 g/mol. The molecule has 1 aromatic rings. The molecule has 12 heavy (non-hydrogen) atoms. The van der Waals surface area contributed by atoms with E-state index in [1.807, 2.05) is 0 Å². The second-order valence-corrected chi connectivity index (χ2v) is 2.40. The van der Waals surface area contributed by atoms with E-state index in [1.54, 1.807) is 0 Å². The Kier molecular flexibility index (Phi) is 3.04. The molecule has 0 atom stereocenters. The van der Waals surface area contributed by atoms with E-state index in [2.05, 4.69) is 15.0 Å². The predicted molar refractivity (Wildman–Crippen MR) is 42.1 cm³/mol. The molecule has 0 aliphatic carbocycles. The van der Waals surface area contributed by atoms with E-state index in [9.17, 15) is 4.79 Å². The third-order valence-electron chi connectivity index (χ3n) is 1.31. The van der Waals surface area contributed by atoms with Crippen LogP contribution in [0.2, 0.25) is 0 Å². The van der Waals surface area contributed by atoms with Crippen LogP contribution in [0, 0.1) is 0 Å². The number of rotatable bonds is 3. The van der Waals surface area contributed by atoms with Gasteiger partial charge >= 0.3 is 5.97 Å². The topological polar surface area (TPSA) is 57.0 Å². The van der Waals surface area contributed by atoms with Gasteiger partial charge in [-0.1, -0.05) is 5.21 Å². The minimum Gasteiger partial charge on any atom is -0.464 e. The lowest BCUT2D eigenvalue weighted by Gasteiger charge is -2.00. The van der Waals surface area contributed by atoms with E-state index in [-0.39, 0.29) is 0 Å². The molecular formula is C6H8ClN3O2. The number of esters is 1. The maximum atomic E-state index is 11.0. The fourth-order valence-electron chi connectivity index (χ4n) is 0.766. The van der Waals surface area contributed by atoms with Gasteiger partial charge in [-0.3, -0.25) is 0 Å². The fraction of sp³-hybridized carbons (Fsp3) is 0.500. The van der Waals surface area contributed by atoms with E-state index < -0.39 is 5.97 Å². The van der Waals surface area contributed by atoms with Gasteiger partial charge in [-0.2, -0.15) is 0 Å². The van der Waals surface area contributed by atoms with Crippen molar-refractivity contribution < 1.29 is 9.53 Å². The zero-order chi connectivity index (χ0) is 8.97. The van der Waals surface area contributed by atoms with Gasteiger partial charge in [0.15, 0.2) is 5.69 Å². The van der Waals surface area contributed by atoms with E-state index in [4.69, 9.17) is 11.6 Å². The monoisotopic (exact) mass is 189 g/mol. The van der Waals surface area contributed by atoms with Crippen LogP contribution in [-0.4, -0.2) is 34.0 Å². The Morgan fingerprint density at radius 3 is 3.17 bits per heavy atom. The van der Waals surface area contributed by atoms with Crippen molar-refractivity contribution in [2.24, 2.45) is 0 Å². The van der Waals surface area contributed by atoms with Gasteiger partial charge in [-0.05, 0) is 0 Å². The molecule has 0 bridgehead atoms.